The van der Waals surface area contributed by atoms with Gasteiger partial charge < -0.3 is 10.6 Å². The van der Waals surface area contributed by atoms with Crippen LogP contribution >= 0.6 is 0 Å². The van der Waals surface area contributed by atoms with E-state index >= 15 is 0 Å². The van der Waals surface area contributed by atoms with Gasteiger partial charge in [-0.2, -0.15) is 18.2 Å². The first-order valence-electron chi connectivity index (χ1n) is 5.35. The highest BCUT2D eigenvalue weighted by Gasteiger charge is 2.35. The smallest absolute Gasteiger partial charge is 0.370 e. The highest BCUT2D eigenvalue weighted by molar-refractivity contribution is 5.48. The molecule has 0 aromatic carbocycles. The molecule has 0 radical (unpaired) electrons. The molecule has 0 atom stereocenters. The molecule has 0 fully saturated rings. The van der Waals surface area contributed by atoms with Gasteiger partial charge in [0.25, 0.3) is 0 Å². The molecule has 0 aliphatic rings. The molecule has 7 heteroatoms. The van der Waals surface area contributed by atoms with Crippen molar-refractivity contribution in [2.75, 3.05) is 24.2 Å². The summed E-state index contributed by atoms with van der Waals surface area (Å²) in [5.74, 6) is -0.0525. The highest BCUT2D eigenvalue weighted by atomic mass is 19.4. The summed E-state index contributed by atoms with van der Waals surface area (Å²) in [7, 11) is 1.54. The molecular formula is C10H17F3N4. The van der Waals surface area contributed by atoms with E-state index < -0.39 is 11.7 Å². The van der Waals surface area contributed by atoms with Crippen LogP contribution in [0.4, 0.5) is 24.9 Å². The Bertz CT molecular complexity index is 339. The third kappa shape index (κ3) is 4.46. The molecule has 4 nitrogen and oxygen atoms in total. The van der Waals surface area contributed by atoms with E-state index in [1.807, 2.05) is 13.8 Å². The molecule has 0 unspecified atom stereocenters. The van der Waals surface area contributed by atoms with E-state index in [0.29, 0.717) is 6.54 Å². The van der Waals surface area contributed by atoms with Gasteiger partial charge in [0, 0.05) is 19.8 Å². The topological polar surface area (TPSA) is 49.8 Å². The Morgan fingerprint density at radius 2 is 1.88 bits per heavy atom. The summed E-state index contributed by atoms with van der Waals surface area (Å²) < 4.78 is 37.4. The number of nitrogens with zero attached hydrogens (tertiary/aromatic N) is 2. The third-order valence-corrected chi connectivity index (χ3v) is 1.66. The molecule has 0 aliphatic carbocycles. The number of anilines is 2. The average Bonchev–Trinajstić information content (AvgIpc) is 2.30. The van der Waals surface area contributed by atoms with Gasteiger partial charge in [-0.05, 0) is 6.92 Å². The van der Waals surface area contributed by atoms with Crippen molar-refractivity contribution in [2.45, 2.75) is 26.9 Å². The lowest BCUT2D eigenvalue weighted by atomic mass is 10.3. The molecule has 0 amide bonds. The van der Waals surface area contributed by atoms with Crippen LogP contribution in [0.1, 0.15) is 26.3 Å². The summed E-state index contributed by atoms with van der Waals surface area (Å²) in [6.45, 7) is 6.06. The monoisotopic (exact) mass is 250 g/mol. The standard InChI is InChI=1S/C8H11F3N4.C2H6/c1-3-13-6-5(8(9,10)11)4-14-7(12-2)15-6;1-2/h4H,3H2,1-2H3,(H2,12,13,14,15);1-2H3. The molecule has 1 heterocycles. The van der Waals surface area contributed by atoms with Crippen LogP contribution in [0.15, 0.2) is 6.20 Å². The summed E-state index contributed by atoms with van der Waals surface area (Å²) in [5.41, 5.74) is -0.858. The van der Waals surface area contributed by atoms with E-state index in [-0.39, 0.29) is 11.8 Å². The second-order valence-electron chi connectivity index (χ2n) is 2.73. The van der Waals surface area contributed by atoms with E-state index in [4.69, 9.17) is 0 Å². The van der Waals surface area contributed by atoms with E-state index in [1.165, 1.54) is 0 Å². The number of alkyl halides is 3. The Kier molecular flexibility index (Phi) is 6.30. The minimum absolute atomic E-state index is 0.152. The Balaban J connectivity index is 0.00000121. The van der Waals surface area contributed by atoms with Crippen molar-refractivity contribution in [2.24, 2.45) is 0 Å². The second kappa shape index (κ2) is 6.93. The molecule has 0 saturated heterocycles. The highest BCUT2D eigenvalue weighted by Crippen LogP contribution is 2.33. The second-order valence-corrected chi connectivity index (χ2v) is 2.73. The quantitative estimate of drug-likeness (QED) is 0.865. The molecular weight excluding hydrogens is 233 g/mol. The van der Waals surface area contributed by atoms with E-state index in [1.54, 1.807) is 14.0 Å². The first-order chi connectivity index (χ1) is 7.99. The summed E-state index contributed by atoms with van der Waals surface area (Å²) in [6, 6.07) is 0. The van der Waals surface area contributed by atoms with Gasteiger partial charge >= 0.3 is 6.18 Å². The van der Waals surface area contributed by atoms with Crippen LogP contribution in [0.3, 0.4) is 0 Å². The first kappa shape index (κ1) is 15.5. The average molecular weight is 250 g/mol. The summed E-state index contributed by atoms with van der Waals surface area (Å²) in [6.07, 6.45) is -3.68. The van der Waals surface area contributed by atoms with Crippen molar-refractivity contribution in [1.82, 2.24) is 9.97 Å². The molecule has 0 bridgehead atoms. The Morgan fingerprint density at radius 3 is 2.29 bits per heavy atom. The first-order valence-corrected chi connectivity index (χ1v) is 5.35. The van der Waals surface area contributed by atoms with Crippen molar-refractivity contribution >= 4 is 11.8 Å². The Labute approximate surface area is 98.7 Å². The van der Waals surface area contributed by atoms with Crippen LogP contribution in [-0.2, 0) is 6.18 Å². The van der Waals surface area contributed by atoms with Crippen LogP contribution in [0.25, 0.3) is 0 Å². The van der Waals surface area contributed by atoms with Gasteiger partial charge in [-0.15, -0.1) is 0 Å². The molecule has 1 aromatic rings. The molecule has 0 spiro atoms. The number of halogens is 3. The molecule has 98 valence electrons. The van der Waals surface area contributed by atoms with Gasteiger partial charge in [-0.3, -0.25) is 0 Å². The van der Waals surface area contributed by atoms with E-state index in [2.05, 4.69) is 20.6 Å². The summed E-state index contributed by atoms with van der Waals surface area (Å²) in [4.78, 5) is 7.22. The Morgan fingerprint density at radius 1 is 1.29 bits per heavy atom. The minimum Gasteiger partial charge on any atom is -0.370 e. The minimum atomic E-state index is -4.44. The van der Waals surface area contributed by atoms with Crippen LogP contribution < -0.4 is 10.6 Å². The largest absolute Gasteiger partial charge is 0.421 e. The lowest BCUT2D eigenvalue weighted by molar-refractivity contribution is -0.137. The fraction of sp³-hybridized carbons (Fsp3) is 0.600. The molecule has 1 aromatic heterocycles. The summed E-state index contributed by atoms with van der Waals surface area (Å²) >= 11 is 0. The van der Waals surface area contributed by atoms with Crippen molar-refractivity contribution in [3.8, 4) is 0 Å². The third-order valence-electron chi connectivity index (χ3n) is 1.66. The SMILES string of the molecule is CC.CCNc1nc(NC)ncc1C(F)(F)F. The van der Waals surface area contributed by atoms with Crippen LogP contribution in [0.2, 0.25) is 0 Å². The Hall–Kier alpha value is -1.53. The van der Waals surface area contributed by atoms with E-state index in [0.717, 1.165) is 6.20 Å². The van der Waals surface area contributed by atoms with Gasteiger partial charge in [-0.1, -0.05) is 13.8 Å². The summed E-state index contributed by atoms with van der Waals surface area (Å²) in [5, 5.41) is 5.12. The number of hydrogen-bond acceptors (Lipinski definition) is 4. The molecule has 0 saturated carbocycles. The number of nitrogens with one attached hydrogen (secondary N) is 2. The zero-order valence-electron chi connectivity index (χ0n) is 10.3. The van der Waals surface area contributed by atoms with Gasteiger partial charge in [-0.25, -0.2) is 4.98 Å². The molecule has 1 rings (SSSR count). The van der Waals surface area contributed by atoms with Crippen LogP contribution in [-0.4, -0.2) is 23.6 Å². The van der Waals surface area contributed by atoms with Crippen LogP contribution in [0.5, 0.6) is 0 Å². The fourth-order valence-electron chi connectivity index (χ4n) is 1.01. The number of rotatable bonds is 3. The van der Waals surface area contributed by atoms with Gasteiger partial charge in [0.15, 0.2) is 0 Å². The normalized spacial score (nSPS) is 10.3. The van der Waals surface area contributed by atoms with Gasteiger partial charge in [0.2, 0.25) is 5.95 Å². The van der Waals surface area contributed by atoms with Crippen molar-refractivity contribution in [1.29, 1.82) is 0 Å². The predicted octanol–water partition coefficient (Wildman–Crippen LogP) is 3.00. The maximum absolute atomic E-state index is 12.5. The van der Waals surface area contributed by atoms with Gasteiger partial charge in [0.05, 0.1) is 0 Å². The maximum Gasteiger partial charge on any atom is 0.421 e. The molecule has 2 N–H and O–H groups in total. The maximum atomic E-state index is 12.5. The molecule has 0 aliphatic heterocycles. The van der Waals surface area contributed by atoms with Crippen molar-refractivity contribution in [3.63, 3.8) is 0 Å². The predicted molar refractivity (Wildman–Crippen MR) is 62.1 cm³/mol. The fourth-order valence-corrected chi connectivity index (χ4v) is 1.01. The van der Waals surface area contributed by atoms with E-state index in [9.17, 15) is 13.2 Å². The van der Waals surface area contributed by atoms with Gasteiger partial charge in [0.1, 0.15) is 11.4 Å². The number of hydrogen-bond donors (Lipinski definition) is 2. The number of aromatic nitrogens is 2. The zero-order chi connectivity index (χ0) is 13.5. The van der Waals surface area contributed by atoms with Crippen LogP contribution in [0, 0.1) is 0 Å². The zero-order valence-corrected chi connectivity index (χ0v) is 10.3. The molecule has 17 heavy (non-hydrogen) atoms. The lowest BCUT2D eigenvalue weighted by Gasteiger charge is -2.12. The van der Waals surface area contributed by atoms with Crippen molar-refractivity contribution < 1.29 is 13.2 Å². The van der Waals surface area contributed by atoms with Crippen molar-refractivity contribution in [3.05, 3.63) is 11.8 Å². The lowest BCUT2D eigenvalue weighted by Crippen LogP contribution is -2.14.